The third-order valence-electron chi connectivity index (χ3n) is 7.02. The molecule has 3 saturated heterocycles. The number of rotatable bonds is 3. The van der Waals surface area contributed by atoms with Crippen LogP contribution in [-0.2, 0) is 4.79 Å². The highest BCUT2D eigenvalue weighted by Crippen LogP contribution is 2.39. The van der Waals surface area contributed by atoms with E-state index in [1.807, 2.05) is 40.1 Å². The van der Waals surface area contributed by atoms with E-state index in [0.29, 0.717) is 18.8 Å². The number of carbonyl (C=O) groups excluding carboxylic acids is 2. The van der Waals surface area contributed by atoms with Crippen LogP contribution in [0.1, 0.15) is 42.6 Å². The summed E-state index contributed by atoms with van der Waals surface area (Å²) in [4.78, 5) is 36.7. The Morgan fingerprint density at radius 2 is 1.72 bits per heavy atom. The molecule has 0 bridgehead atoms. The van der Waals surface area contributed by atoms with Crippen molar-refractivity contribution in [1.82, 2.24) is 19.7 Å². The predicted octanol–water partition coefficient (Wildman–Crippen LogP) is 2.54. The number of piperidine rings is 1. The molecule has 3 aliphatic rings. The van der Waals surface area contributed by atoms with Gasteiger partial charge in [-0.3, -0.25) is 19.5 Å². The van der Waals surface area contributed by atoms with Crippen molar-refractivity contribution in [2.45, 2.75) is 37.6 Å². The third kappa shape index (κ3) is 3.29. The molecule has 0 N–H and O–H groups in total. The molecule has 3 aliphatic heterocycles. The summed E-state index contributed by atoms with van der Waals surface area (Å²) in [5.41, 5.74) is 0.507. The molecule has 0 aliphatic carbocycles. The number of hydrogen-bond acceptors (Lipinski definition) is 4. The van der Waals surface area contributed by atoms with Crippen molar-refractivity contribution in [3.63, 3.8) is 0 Å². The average Bonchev–Trinajstić information content (AvgIpc) is 3.31. The Kier molecular flexibility index (Phi) is 4.74. The highest BCUT2D eigenvalue weighted by molar-refractivity contribution is 6.05. The number of likely N-dealkylation sites (tertiary alicyclic amines) is 3. The first-order valence-electron chi connectivity index (χ1n) is 10.8. The first-order valence-corrected chi connectivity index (χ1v) is 10.8. The lowest BCUT2D eigenvalue weighted by Gasteiger charge is -2.57. The quantitative estimate of drug-likeness (QED) is 0.806. The zero-order valence-electron chi connectivity index (χ0n) is 16.8. The van der Waals surface area contributed by atoms with Gasteiger partial charge in [-0.15, -0.1) is 0 Å². The molecule has 2 aromatic rings. The van der Waals surface area contributed by atoms with Crippen LogP contribution < -0.4 is 0 Å². The largest absolute Gasteiger partial charge is 0.342 e. The highest BCUT2D eigenvalue weighted by Gasteiger charge is 2.49. The summed E-state index contributed by atoms with van der Waals surface area (Å²) in [6.45, 7) is 4.71. The molecule has 6 nitrogen and oxygen atoms in total. The second kappa shape index (κ2) is 7.41. The molecule has 0 saturated carbocycles. The summed E-state index contributed by atoms with van der Waals surface area (Å²) in [5.74, 6) is 0.263. The van der Waals surface area contributed by atoms with Crippen molar-refractivity contribution < 1.29 is 9.59 Å². The van der Waals surface area contributed by atoms with E-state index in [0.717, 1.165) is 69.1 Å². The molecule has 6 heteroatoms. The van der Waals surface area contributed by atoms with Gasteiger partial charge < -0.3 is 9.80 Å². The minimum atomic E-state index is -0.0339. The van der Waals surface area contributed by atoms with E-state index in [4.69, 9.17) is 0 Å². The lowest BCUT2D eigenvalue weighted by atomic mass is 9.77. The van der Waals surface area contributed by atoms with Crippen molar-refractivity contribution in [2.24, 2.45) is 0 Å². The Morgan fingerprint density at radius 3 is 2.52 bits per heavy atom. The van der Waals surface area contributed by atoms with E-state index >= 15 is 0 Å². The van der Waals surface area contributed by atoms with Crippen LogP contribution in [-0.4, -0.2) is 76.3 Å². The van der Waals surface area contributed by atoms with Crippen molar-refractivity contribution in [3.05, 3.63) is 42.2 Å². The van der Waals surface area contributed by atoms with Crippen LogP contribution in [0.25, 0.3) is 10.8 Å². The van der Waals surface area contributed by atoms with Crippen molar-refractivity contribution in [3.8, 4) is 0 Å². The monoisotopic (exact) mass is 392 g/mol. The number of nitrogens with zero attached hydrogens (tertiary/aromatic N) is 4. The molecule has 1 aromatic heterocycles. The van der Waals surface area contributed by atoms with E-state index in [-0.39, 0.29) is 17.4 Å². The minimum Gasteiger partial charge on any atom is -0.342 e. The lowest BCUT2D eigenvalue weighted by Crippen LogP contribution is -2.68. The fraction of sp³-hybridized carbons (Fsp3) is 0.522. The number of benzene rings is 1. The summed E-state index contributed by atoms with van der Waals surface area (Å²) in [6, 6.07) is 9.87. The molecule has 2 amide bonds. The molecule has 1 spiro atoms. The van der Waals surface area contributed by atoms with E-state index in [9.17, 15) is 9.59 Å². The number of hydrogen-bond donors (Lipinski definition) is 0. The van der Waals surface area contributed by atoms with Gasteiger partial charge in [-0.2, -0.15) is 0 Å². The molecule has 5 rings (SSSR count). The first kappa shape index (κ1) is 18.6. The summed E-state index contributed by atoms with van der Waals surface area (Å²) in [5, 5.41) is 1.95. The fourth-order valence-corrected chi connectivity index (χ4v) is 5.25. The zero-order chi connectivity index (χ0) is 19.8. The third-order valence-corrected chi connectivity index (χ3v) is 7.02. The maximum Gasteiger partial charge on any atom is 0.273 e. The Morgan fingerprint density at radius 1 is 0.931 bits per heavy atom. The fourth-order valence-electron chi connectivity index (χ4n) is 5.25. The van der Waals surface area contributed by atoms with Crippen LogP contribution >= 0.6 is 0 Å². The number of amides is 2. The second-order valence-electron chi connectivity index (χ2n) is 8.69. The van der Waals surface area contributed by atoms with Gasteiger partial charge >= 0.3 is 0 Å². The number of fused-ring (bicyclic) bond motifs is 1. The van der Waals surface area contributed by atoms with Gasteiger partial charge in [0.1, 0.15) is 5.69 Å². The van der Waals surface area contributed by atoms with Crippen LogP contribution in [0.5, 0.6) is 0 Å². The molecule has 0 radical (unpaired) electrons. The Bertz CT molecular complexity index is 934. The molecular formula is C23H28N4O2. The van der Waals surface area contributed by atoms with Crippen LogP contribution in [0.4, 0.5) is 0 Å². The SMILES string of the molecule is O=C(CN1CC[C@]12CCCN(C(=O)c1nccc3ccccc13)C2)N1CCCC1. The molecule has 4 heterocycles. The highest BCUT2D eigenvalue weighted by atomic mass is 16.2. The Labute approximate surface area is 171 Å². The average molecular weight is 393 g/mol. The summed E-state index contributed by atoms with van der Waals surface area (Å²) < 4.78 is 0. The van der Waals surface area contributed by atoms with E-state index in [1.165, 1.54) is 0 Å². The van der Waals surface area contributed by atoms with Gasteiger partial charge in [0.15, 0.2) is 0 Å². The van der Waals surface area contributed by atoms with Crippen LogP contribution in [0.3, 0.4) is 0 Å². The summed E-state index contributed by atoms with van der Waals surface area (Å²) >= 11 is 0. The predicted molar refractivity (Wildman–Crippen MR) is 112 cm³/mol. The minimum absolute atomic E-state index is 0.0126. The maximum absolute atomic E-state index is 13.3. The van der Waals surface area contributed by atoms with Crippen LogP contribution in [0, 0.1) is 0 Å². The van der Waals surface area contributed by atoms with Gasteiger partial charge in [-0.25, -0.2) is 0 Å². The Hall–Kier alpha value is -2.47. The molecular weight excluding hydrogens is 364 g/mol. The standard InChI is InChI=1S/C23H28N4O2/c28-20(25-12-3-4-13-25)16-27-15-10-23(27)9-5-14-26(17-23)22(29)21-19-7-2-1-6-18(19)8-11-24-21/h1-2,6-8,11H,3-5,9-10,12-17H2/t23-/m0/s1. The summed E-state index contributed by atoms with van der Waals surface area (Å²) in [7, 11) is 0. The topological polar surface area (TPSA) is 56.8 Å². The van der Waals surface area contributed by atoms with E-state index in [2.05, 4.69) is 9.88 Å². The van der Waals surface area contributed by atoms with Crippen LogP contribution in [0.2, 0.25) is 0 Å². The van der Waals surface area contributed by atoms with Crippen LogP contribution in [0.15, 0.2) is 36.5 Å². The van der Waals surface area contributed by atoms with E-state index in [1.54, 1.807) is 6.20 Å². The first-order chi connectivity index (χ1) is 14.2. The number of pyridine rings is 1. The molecule has 152 valence electrons. The Balaban J connectivity index is 1.32. The van der Waals surface area contributed by atoms with Gasteiger partial charge in [0, 0.05) is 49.8 Å². The number of carbonyl (C=O) groups is 2. The smallest absolute Gasteiger partial charge is 0.273 e. The maximum atomic E-state index is 13.3. The molecule has 1 aromatic carbocycles. The molecule has 3 fully saturated rings. The van der Waals surface area contributed by atoms with Gasteiger partial charge in [-0.1, -0.05) is 24.3 Å². The number of aromatic nitrogens is 1. The molecule has 0 unspecified atom stereocenters. The summed E-state index contributed by atoms with van der Waals surface area (Å²) in [6.07, 6.45) is 7.07. The van der Waals surface area contributed by atoms with Crippen molar-refractivity contribution in [2.75, 3.05) is 39.3 Å². The van der Waals surface area contributed by atoms with Crippen molar-refractivity contribution >= 4 is 22.6 Å². The lowest BCUT2D eigenvalue weighted by molar-refractivity contribution is -0.138. The zero-order valence-corrected chi connectivity index (χ0v) is 16.8. The van der Waals surface area contributed by atoms with Gasteiger partial charge in [-0.05, 0) is 43.6 Å². The molecule has 29 heavy (non-hydrogen) atoms. The van der Waals surface area contributed by atoms with E-state index < -0.39 is 0 Å². The van der Waals surface area contributed by atoms with Gasteiger partial charge in [0.05, 0.1) is 6.54 Å². The molecule has 1 atom stereocenters. The van der Waals surface area contributed by atoms with Gasteiger partial charge in [0.25, 0.3) is 5.91 Å². The van der Waals surface area contributed by atoms with Gasteiger partial charge in [0.2, 0.25) is 5.91 Å². The normalized spacial score (nSPS) is 24.8. The second-order valence-corrected chi connectivity index (χ2v) is 8.69. The van der Waals surface area contributed by atoms with Crippen molar-refractivity contribution in [1.29, 1.82) is 0 Å².